The highest BCUT2D eigenvalue weighted by molar-refractivity contribution is 9.10. The summed E-state index contributed by atoms with van der Waals surface area (Å²) in [6.45, 7) is 0. The van der Waals surface area contributed by atoms with Crippen molar-refractivity contribution in [2.24, 2.45) is 0 Å². The molecule has 0 spiro atoms. The maximum Gasteiger partial charge on any atom is 0.246 e. The fraction of sp³-hybridized carbons (Fsp3) is 0.143. The van der Waals surface area contributed by atoms with Crippen molar-refractivity contribution >= 4 is 39.1 Å². The lowest BCUT2D eigenvalue weighted by atomic mass is 10.1. The van der Waals surface area contributed by atoms with E-state index >= 15 is 0 Å². The van der Waals surface area contributed by atoms with Crippen LogP contribution < -0.4 is 15.4 Å². The SMILES string of the molecule is CNC1C(=O)Nc2cc(Oc3cncc(Br)c3)c(Cl)cc21. The average molecular weight is 369 g/mol. The van der Waals surface area contributed by atoms with Gasteiger partial charge in [0.1, 0.15) is 17.5 Å². The molecule has 2 aromatic rings. The number of nitrogens with one attached hydrogen (secondary N) is 2. The van der Waals surface area contributed by atoms with Crippen LogP contribution in [0.15, 0.2) is 35.1 Å². The molecule has 0 radical (unpaired) electrons. The number of anilines is 1. The molecule has 0 saturated carbocycles. The van der Waals surface area contributed by atoms with Gasteiger partial charge >= 0.3 is 0 Å². The van der Waals surface area contributed by atoms with Crippen LogP contribution in [0.3, 0.4) is 0 Å². The van der Waals surface area contributed by atoms with E-state index in [4.69, 9.17) is 16.3 Å². The zero-order valence-electron chi connectivity index (χ0n) is 11.0. The number of hydrogen-bond donors (Lipinski definition) is 2. The minimum Gasteiger partial charge on any atom is -0.454 e. The van der Waals surface area contributed by atoms with Crippen LogP contribution in [0.5, 0.6) is 11.5 Å². The van der Waals surface area contributed by atoms with Gasteiger partial charge in [-0.25, -0.2) is 0 Å². The molecule has 1 aromatic carbocycles. The van der Waals surface area contributed by atoms with E-state index in [0.29, 0.717) is 22.2 Å². The van der Waals surface area contributed by atoms with Crippen LogP contribution in [-0.2, 0) is 4.79 Å². The minimum absolute atomic E-state index is 0.107. The number of pyridine rings is 1. The third-order valence-electron chi connectivity index (χ3n) is 3.13. The van der Waals surface area contributed by atoms with E-state index in [2.05, 4.69) is 31.5 Å². The molecule has 1 aromatic heterocycles. The summed E-state index contributed by atoms with van der Waals surface area (Å²) in [6.07, 6.45) is 3.25. The second kappa shape index (κ2) is 5.63. The first-order valence-corrected chi connectivity index (χ1v) is 7.35. The number of hydrogen-bond acceptors (Lipinski definition) is 4. The van der Waals surface area contributed by atoms with Crippen molar-refractivity contribution in [3.63, 3.8) is 0 Å². The van der Waals surface area contributed by atoms with E-state index in [9.17, 15) is 4.79 Å². The number of nitrogens with zero attached hydrogens (tertiary/aromatic N) is 1. The number of benzene rings is 1. The normalized spacial score (nSPS) is 16.5. The number of carbonyl (C=O) groups is 1. The van der Waals surface area contributed by atoms with Crippen molar-refractivity contribution < 1.29 is 9.53 Å². The quantitative estimate of drug-likeness (QED) is 0.870. The van der Waals surface area contributed by atoms with Crippen LogP contribution in [-0.4, -0.2) is 17.9 Å². The zero-order valence-corrected chi connectivity index (χ0v) is 13.3. The summed E-state index contributed by atoms with van der Waals surface area (Å²) in [4.78, 5) is 15.8. The number of fused-ring (bicyclic) bond motifs is 1. The fourth-order valence-electron chi connectivity index (χ4n) is 2.20. The molecule has 0 aliphatic carbocycles. The summed E-state index contributed by atoms with van der Waals surface area (Å²) in [5.74, 6) is 0.915. The summed E-state index contributed by atoms with van der Waals surface area (Å²) in [7, 11) is 1.73. The molecule has 3 rings (SSSR count). The van der Waals surface area contributed by atoms with Gasteiger partial charge in [-0.1, -0.05) is 11.6 Å². The smallest absolute Gasteiger partial charge is 0.246 e. The van der Waals surface area contributed by atoms with Crippen LogP contribution in [0.2, 0.25) is 5.02 Å². The van der Waals surface area contributed by atoms with E-state index in [0.717, 1.165) is 10.0 Å². The monoisotopic (exact) mass is 367 g/mol. The molecule has 2 heterocycles. The lowest BCUT2D eigenvalue weighted by Gasteiger charge is -2.11. The standard InChI is InChI=1S/C14H11BrClN3O2/c1-17-13-9-3-10(16)12(4-11(9)19-14(13)20)21-8-2-7(15)5-18-6-8/h2-6,13,17H,1H3,(H,19,20). The number of aromatic nitrogens is 1. The van der Waals surface area contributed by atoms with Gasteiger partial charge in [-0.15, -0.1) is 0 Å². The Morgan fingerprint density at radius 3 is 2.90 bits per heavy atom. The molecule has 0 saturated heterocycles. The molecular formula is C14H11BrClN3O2. The largest absolute Gasteiger partial charge is 0.454 e. The lowest BCUT2D eigenvalue weighted by Crippen LogP contribution is -2.23. The Balaban J connectivity index is 1.95. The van der Waals surface area contributed by atoms with E-state index < -0.39 is 0 Å². The van der Waals surface area contributed by atoms with Crippen LogP contribution in [0.1, 0.15) is 11.6 Å². The van der Waals surface area contributed by atoms with Crippen LogP contribution in [0, 0.1) is 0 Å². The molecule has 1 amide bonds. The molecule has 5 nitrogen and oxygen atoms in total. The Morgan fingerprint density at radius 1 is 1.38 bits per heavy atom. The molecule has 2 N–H and O–H groups in total. The summed E-state index contributed by atoms with van der Waals surface area (Å²) >= 11 is 9.57. The summed E-state index contributed by atoms with van der Waals surface area (Å²) in [6, 6.07) is 4.84. The maximum atomic E-state index is 11.8. The fourth-order valence-corrected chi connectivity index (χ4v) is 2.76. The number of amides is 1. The van der Waals surface area contributed by atoms with Gasteiger partial charge in [0, 0.05) is 28.0 Å². The summed E-state index contributed by atoms with van der Waals surface area (Å²) in [5.41, 5.74) is 1.51. The van der Waals surface area contributed by atoms with Crippen LogP contribution in [0.4, 0.5) is 5.69 Å². The summed E-state index contributed by atoms with van der Waals surface area (Å²) in [5, 5.41) is 6.18. The Morgan fingerprint density at radius 2 is 2.19 bits per heavy atom. The maximum absolute atomic E-state index is 11.8. The second-order valence-corrected chi connectivity index (χ2v) is 5.84. The van der Waals surface area contributed by atoms with Gasteiger partial charge in [0.05, 0.1) is 11.2 Å². The Hall–Kier alpha value is -1.63. The second-order valence-electron chi connectivity index (χ2n) is 4.52. The van der Waals surface area contributed by atoms with Gasteiger partial charge in [0.15, 0.2) is 0 Å². The Bertz CT molecular complexity index is 723. The van der Waals surface area contributed by atoms with Gasteiger partial charge in [-0.05, 0) is 35.1 Å². The van der Waals surface area contributed by atoms with Crippen molar-refractivity contribution in [1.82, 2.24) is 10.3 Å². The van der Waals surface area contributed by atoms with E-state index in [1.165, 1.54) is 0 Å². The number of rotatable bonds is 3. The van der Waals surface area contributed by atoms with E-state index in [-0.39, 0.29) is 11.9 Å². The van der Waals surface area contributed by atoms with Crippen LogP contribution >= 0.6 is 27.5 Å². The average Bonchev–Trinajstić information content (AvgIpc) is 2.74. The number of carbonyl (C=O) groups excluding carboxylic acids is 1. The molecule has 0 fully saturated rings. The van der Waals surface area contributed by atoms with Crippen molar-refractivity contribution in [2.45, 2.75) is 6.04 Å². The highest BCUT2D eigenvalue weighted by atomic mass is 79.9. The third-order valence-corrected chi connectivity index (χ3v) is 3.86. The predicted molar refractivity (Wildman–Crippen MR) is 83.9 cm³/mol. The first-order valence-electron chi connectivity index (χ1n) is 6.18. The predicted octanol–water partition coefficient (Wildman–Crippen LogP) is 3.50. The molecule has 7 heteroatoms. The minimum atomic E-state index is -0.390. The molecular weight excluding hydrogens is 358 g/mol. The van der Waals surface area contributed by atoms with Gasteiger partial charge in [-0.3, -0.25) is 9.78 Å². The molecule has 1 unspecified atom stereocenters. The molecule has 1 aliphatic heterocycles. The van der Waals surface area contributed by atoms with Crippen molar-refractivity contribution in [3.8, 4) is 11.5 Å². The lowest BCUT2D eigenvalue weighted by molar-refractivity contribution is -0.117. The molecule has 1 atom stereocenters. The topological polar surface area (TPSA) is 63.2 Å². The Kier molecular flexibility index (Phi) is 3.84. The highest BCUT2D eigenvalue weighted by Crippen LogP contribution is 2.40. The van der Waals surface area contributed by atoms with Gasteiger partial charge in [-0.2, -0.15) is 0 Å². The van der Waals surface area contributed by atoms with E-state index in [1.54, 1.807) is 37.6 Å². The summed E-state index contributed by atoms with van der Waals surface area (Å²) < 4.78 is 6.53. The first kappa shape index (κ1) is 14.3. The van der Waals surface area contributed by atoms with Gasteiger partial charge in [0.2, 0.25) is 5.91 Å². The Labute approximate surface area is 134 Å². The highest BCUT2D eigenvalue weighted by Gasteiger charge is 2.30. The van der Waals surface area contributed by atoms with E-state index in [1.807, 2.05) is 0 Å². The third kappa shape index (κ3) is 2.74. The van der Waals surface area contributed by atoms with Crippen molar-refractivity contribution in [3.05, 3.63) is 45.7 Å². The number of halogens is 2. The van der Waals surface area contributed by atoms with Crippen LogP contribution in [0.25, 0.3) is 0 Å². The van der Waals surface area contributed by atoms with Crippen molar-refractivity contribution in [2.75, 3.05) is 12.4 Å². The van der Waals surface area contributed by atoms with Gasteiger partial charge in [0.25, 0.3) is 0 Å². The molecule has 1 aliphatic rings. The zero-order chi connectivity index (χ0) is 15.0. The molecule has 21 heavy (non-hydrogen) atoms. The number of likely N-dealkylation sites (N-methyl/N-ethyl adjacent to an activating group) is 1. The molecule has 108 valence electrons. The first-order chi connectivity index (χ1) is 10.1. The van der Waals surface area contributed by atoms with Crippen molar-refractivity contribution in [1.29, 1.82) is 0 Å². The van der Waals surface area contributed by atoms with Gasteiger partial charge < -0.3 is 15.4 Å². The number of ether oxygens (including phenoxy) is 1. The molecule has 0 bridgehead atoms.